The van der Waals surface area contributed by atoms with Gasteiger partial charge in [-0.1, -0.05) is 24.6 Å². The van der Waals surface area contributed by atoms with Gasteiger partial charge in [-0.25, -0.2) is 0 Å². The van der Waals surface area contributed by atoms with Crippen LogP contribution in [0, 0.1) is 0 Å². The van der Waals surface area contributed by atoms with Crippen molar-refractivity contribution in [2.75, 3.05) is 13.1 Å². The number of hydrogen-bond acceptors (Lipinski definition) is 3. The summed E-state index contributed by atoms with van der Waals surface area (Å²) < 4.78 is 0. The highest BCUT2D eigenvalue weighted by atomic mass is 35.5. The van der Waals surface area contributed by atoms with E-state index in [0.29, 0.717) is 11.8 Å². The number of fused-ring (bicyclic) bond motifs is 1. The summed E-state index contributed by atoms with van der Waals surface area (Å²) >= 11 is 8.23. The lowest BCUT2D eigenvalue weighted by Crippen LogP contribution is -2.41. The summed E-state index contributed by atoms with van der Waals surface area (Å²) in [6, 6.07) is 8.43. The average molecular weight is 350 g/mol. The van der Waals surface area contributed by atoms with Crippen LogP contribution in [0.5, 0.6) is 5.75 Å². The van der Waals surface area contributed by atoms with Crippen LogP contribution in [0.1, 0.15) is 35.8 Å². The van der Waals surface area contributed by atoms with E-state index in [4.69, 9.17) is 11.6 Å². The first kappa shape index (κ1) is 16.8. The number of phenolic OH excluding ortho intramolecular Hbond substituents is 1. The fourth-order valence-corrected chi connectivity index (χ4v) is 4.54. The third-order valence-corrected chi connectivity index (χ3v) is 6.06. The highest BCUT2D eigenvalue weighted by Crippen LogP contribution is 2.35. The SMILES string of the molecule is CCCN(CCc1cccs1)C1CCc2c(O)ccc(Cl)c2C1. The minimum absolute atomic E-state index is 0.406. The van der Waals surface area contributed by atoms with Gasteiger partial charge in [0.15, 0.2) is 0 Å². The van der Waals surface area contributed by atoms with E-state index in [0.717, 1.165) is 54.9 Å². The van der Waals surface area contributed by atoms with Crippen molar-refractivity contribution in [1.82, 2.24) is 4.90 Å². The molecule has 1 aliphatic carbocycles. The molecule has 1 N–H and O–H groups in total. The zero-order valence-corrected chi connectivity index (χ0v) is 15.2. The molecule has 3 rings (SSSR count). The van der Waals surface area contributed by atoms with E-state index in [9.17, 15) is 5.11 Å². The molecule has 0 radical (unpaired) electrons. The van der Waals surface area contributed by atoms with Gasteiger partial charge >= 0.3 is 0 Å². The first-order chi connectivity index (χ1) is 11.2. The topological polar surface area (TPSA) is 23.5 Å². The van der Waals surface area contributed by atoms with E-state index in [1.54, 1.807) is 6.07 Å². The quantitative estimate of drug-likeness (QED) is 0.800. The van der Waals surface area contributed by atoms with Gasteiger partial charge in [-0.05, 0) is 73.4 Å². The number of phenols is 1. The number of thiophene rings is 1. The molecule has 0 aliphatic heterocycles. The number of halogens is 1. The molecule has 1 unspecified atom stereocenters. The van der Waals surface area contributed by atoms with Crippen molar-refractivity contribution < 1.29 is 5.11 Å². The molecule has 1 aromatic carbocycles. The lowest BCUT2D eigenvalue weighted by Gasteiger charge is -2.35. The van der Waals surface area contributed by atoms with Gasteiger partial charge in [0.05, 0.1) is 0 Å². The summed E-state index contributed by atoms with van der Waals surface area (Å²) in [5, 5.41) is 13.0. The zero-order chi connectivity index (χ0) is 16.2. The maximum absolute atomic E-state index is 10.1. The molecular weight excluding hydrogens is 326 g/mol. The van der Waals surface area contributed by atoms with Crippen molar-refractivity contribution >= 4 is 22.9 Å². The Morgan fingerprint density at radius 2 is 2.13 bits per heavy atom. The van der Waals surface area contributed by atoms with Crippen molar-refractivity contribution in [3.63, 3.8) is 0 Å². The molecule has 124 valence electrons. The second-order valence-electron chi connectivity index (χ2n) is 6.29. The molecule has 0 amide bonds. The standard InChI is InChI=1S/C19H24ClNOS/c1-2-10-21(11-9-15-4-3-12-23-15)14-5-6-16-17(13-14)18(20)7-8-19(16)22/h3-4,7-8,12,14,22H,2,5-6,9-11,13H2,1H3. The van der Waals surface area contributed by atoms with Crippen LogP contribution < -0.4 is 0 Å². The summed E-state index contributed by atoms with van der Waals surface area (Å²) in [6.07, 6.45) is 5.26. The lowest BCUT2D eigenvalue weighted by atomic mass is 9.86. The van der Waals surface area contributed by atoms with E-state index in [1.165, 1.54) is 11.3 Å². The van der Waals surface area contributed by atoms with Gasteiger partial charge in [-0.15, -0.1) is 11.3 Å². The van der Waals surface area contributed by atoms with Crippen molar-refractivity contribution in [3.8, 4) is 5.75 Å². The molecule has 1 heterocycles. The van der Waals surface area contributed by atoms with Gasteiger partial charge in [0, 0.05) is 22.5 Å². The normalized spacial score (nSPS) is 17.4. The molecule has 1 aliphatic rings. The number of aromatic hydroxyl groups is 1. The van der Waals surface area contributed by atoms with Gasteiger partial charge in [0.1, 0.15) is 5.75 Å². The summed E-state index contributed by atoms with van der Waals surface area (Å²) in [7, 11) is 0. The van der Waals surface area contributed by atoms with Crippen molar-refractivity contribution in [3.05, 3.63) is 50.7 Å². The number of benzene rings is 1. The Kier molecular flexibility index (Phi) is 5.62. The Hall–Kier alpha value is -1.03. The molecule has 1 aromatic heterocycles. The van der Waals surface area contributed by atoms with Crippen LogP contribution in [-0.2, 0) is 19.3 Å². The summed E-state index contributed by atoms with van der Waals surface area (Å²) in [6.45, 7) is 4.47. The molecular formula is C19H24ClNOS. The Bertz CT molecular complexity index is 641. The predicted molar refractivity (Wildman–Crippen MR) is 98.8 cm³/mol. The largest absolute Gasteiger partial charge is 0.508 e. The summed E-state index contributed by atoms with van der Waals surface area (Å²) in [4.78, 5) is 4.07. The van der Waals surface area contributed by atoms with E-state index in [-0.39, 0.29) is 0 Å². The first-order valence-corrected chi connectivity index (χ1v) is 9.70. The van der Waals surface area contributed by atoms with Crippen LogP contribution in [0.4, 0.5) is 0 Å². The highest BCUT2D eigenvalue weighted by Gasteiger charge is 2.26. The summed E-state index contributed by atoms with van der Waals surface area (Å²) in [5.41, 5.74) is 2.21. The smallest absolute Gasteiger partial charge is 0.119 e. The summed E-state index contributed by atoms with van der Waals surface area (Å²) in [5.74, 6) is 0.406. The van der Waals surface area contributed by atoms with E-state index >= 15 is 0 Å². The molecule has 0 fully saturated rings. The molecule has 2 aromatic rings. The Labute approximate surface area is 147 Å². The van der Waals surface area contributed by atoms with Crippen molar-refractivity contribution in [1.29, 1.82) is 0 Å². The van der Waals surface area contributed by atoms with E-state index in [1.807, 2.05) is 17.4 Å². The van der Waals surface area contributed by atoms with Crippen LogP contribution in [0.25, 0.3) is 0 Å². The van der Waals surface area contributed by atoms with E-state index < -0.39 is 0 Å². The van der Waals surface area contributed by atoms with Crippen LogP contribution in [0.3, 0.4) is 0 Å². The third-order valence-electron chi connectivity index (χ3n) is 4.77. The Balaban J connectivity index is 1.72. The number of hydrogen-bond donors (Lipinski definition) is 1. The van der Waals surface area contributed by atoms with Crippen LogP contribution in [0.2, 0.25) is 5.02 Å². The fraction of sp³-hybridized carbons (Fsp3) is 0.474. The minimum Gasteiger partial charge on any atom is -0.508 e. The van der Waals surface area contributed by atoms with Gasteiger partial charge < -0.3 is 5.11 Å². The molecule has 2 nitrogen and oxygen atoms in total. The zero-order valence-electron chi connectivity index (χ0n) is 13.6. The fourth-order valence-electron chi connectivity index (χ4n) is 3.58. The number of nitrogens with zero attached hydrogens (tertiary/aromatic N) is 1. The second-order valence-corrected chi connectivity index (χ2v) is 7.73. The monoisotopic (exact) mass is 349 g/mol. The van der Waals surface area contributed by atoms with Crippen LogP contribution >= 0.6 is 22.9 Å². The molecule has 0 saturated heterocycles. The molecule has 1 atom stereocenters. The van der Waals surface area contributed by atoms with Gasteiger partial charge in [-0.3, -0.25) is 4.90 Å². The average Bonchev–Trinajstić information content (AvgIpc) is 3.08. The number of rotatable bonds is 6. The van der Waals surface area contributed by atoms with E-state index in [2.05, 4.69) is 29.3 Å². The maximum Gasteiger partial charge on any atom is 0.119 e. The van der Waals surface area contributed by atoms with Gasteiger partial charge in [-0.2, -0.15) is 0 Å². The van der Waals surface area contributed by atoms with Crippen LogP contribution in [0.15, 0.2) is 29.6 Å². The lowest BCUT2D eigenvalue weighted by molar-refractivity contribution is 0.181. The predicted octanol–water partition coefficient (Wildman–Crippen LogP) is 4.92. The highest BCUT2D eigenvalue weighted by molar-refractivity contribution is 7.09. The van der Waals surface area contributed by atoms with Crippen molar-refractivity contribution in [2.45, 2.75) is 45.1 Å². The molecule has 0 saturated carbocycles. The Morgan fingerprint density at radius 1 is 1.26 bits per heavy atom. The molecule has 23 heavy (non-hydrogen) atoms. The second kappa shape index (κ2) is 7.69. The van der Waals surface area contributed by atoms with Gasteiger partial charge in [0.2, 0.25) is 0 Å². The first-order valence-electron chi connectivity index (χ1n) is 8.44. The molecule has 0 bridgehead atoms. The maximum atomic E-state index is 10.1. The minimum atomic E-state index is 0.406. The van der Waals surface area contributed by atoms with Crippen molar-refractivity contribution in [2.24, 2.45) is 0 Å². The Morgan fingerprint density at radius 3 is 2.87 bits per heavy atom. The van der Waals surface area contributed by atoms with Gasteiger partial charge in [0.25, 0.3) is 0 Å². The molecule has 4 heteroatoms. The third kappa shape index (κ3) is 3.90. The molecule has 0 spiro atoms. The van der Waals surface area contributed by atoms with Crippen LogP contribution in [-0.4, -0.2) is 29.1 Å².